The lowest BCUT2D eigenvalue weighted by Gasteiger charge is -2.27. The summed E-state index contributed by atoms with van der Waals surface area (Å²) in [6, 6.07) is 0. The van der Waals surface area contributed by atoms with Gasteiger partial charge in [-0.25, -0.2) is 0 Å². The van der Waals surface area contributed by atoms with E-state index in [4.69, 9.17) is 0 Å². The van der Waals surface area contributed by atoms with Gasteiger partial charge in [0.15, 0.2) is 0 Å². The van der Waals surface area contributed by atoms with Crippen LogP contribution in [-0.4, -0.2) is 5.78 Å². The second kappa shape index (κ2) is 6.22. The zero-order valence-corrected chi connectivity index (χ0v) is 11.3. The first-order valence-corrected chi connectivity index (χ1v) is 6.69. The van der Waals surface area contributed by atoms with Gasteiger partial charge >= 0.3 is 0 Å². The van der Waals surface area contributed by atoms with E-state index in [0.29, 0.717) is 17.6 Å². The summed E-state index contributed by atoms with van der Waals surface area (Å²) >= 11 is 0. The molecular weight excluding hydrogens is 196 g/mol. The van der Waals surface area contributed by atoms with Crippen LogP contribution in [0, 0.1) is 17.8 Å². The highest BCUT2D eigenvalue weighted by Crippen LogP contribution is 2.32. The molecule has 0 aromatic carbocycles. The van der Waals surface area contributed by atoms with Crippen LogP contribution in [0.15, 0.2) is 11.6 Å². The predicted molar refractivity (Wildman–Crippen MR) is 69.3 cm³/mol. The fourth-order valence-electron chi connectivity index (χ4n) is 2.57. The molecule has 1 rings (SSSR count). The standard InChI is InChI=1S/C15H26O/c1-11(2)6-5-7-14-9-8-12(3)15(10-14)13(4)16/h9,11-12,15H,5-8,10H2,1-4H3. The van der Waals surface area contributed by atoms with Crippen LogP contribution in [0.3, 0.4) is 0 Å². The highest BCUT2D eigenvalue weighted by atomic mass is 16.1. The number of hydrogen-bond donors (Lipinski definition) is 0. The number of Topliss-reactive ketones (excluding diaryl/α,β-unsaturated/α-hetero) is 1. The Morgan fingerprint density at radius 3 is 2.75 bits per heavy atom. The van der Waals surface area contributed by atoms with E-state index in [2.05, 4.69) is 26.8 Å². The second-order valence-corrected chi connectivity index (χ2v) is 5.78. The average molecular weight is 222 g/mol. The number of carbonyl (C=O) groups excluding carboxylic acids is 1. The number of carbonyl (C=O) groups is 1. The van der Waals surface area contributed by atoms with E-state index in [0.717, 1.165) is 18.8 Å². The Morgan fingerprint density at radius 1 is 1.50 bits per heavy atom. The molecule has 1 aliphatic rings. The van der Waals surface area contributed by atoms with Crippen molar-refractivity contribution in [3.05, 3.63) is 11.6 Å². The van der Waals surface area contributed by atoms with Crippen molar-refractivity contribution in [1.29, 1.82) is 0 Å². The topological polar surface area (TPSA) is 17.1 Å². The van der Waals surface area contributed by atoms with Crippen molar-refractivity contribution >= 4 is 5.78 Å². The van der Waals surface area contributed by atoms with Crippen molar-refractivity contribution in [3.8, 4) is 0 Å². The van der Waals surface area contributed by atoms with Crippen molar-refractivity contribution in [1.82, 2.24) is 0 Å². The number of ketones is 1. The summed E-state index contributed by atoms with van der Waals surface area (Å²) in [7, 11) is 0. The smallest absolute Gasteiger partial charge is 0.133 e. The third-order valence-electron chi connectivity index (χ3n) is 3.75. The number of allylic oxidation sites excluding steroid dienone is 2. The summed E-state index contributed by atoms with van der Waals surface area (Å²) in [5, 5.41) is 0. The average Bonchev–Trinajstić information content (AvgIpc) is 2.19. The fourth-order valence-corrected chi connectivity index (χ4v) is 2.57. The summed E-state index contributed by atoms with van der Waals surface area (Å²) in [4.78, 5) is 11.5. The lowest BCUT2D eigenvalue weighted by Crippen LogP contribution is -2.23. The van der Waals surface area contributed by atoms with Gasteiger partial charge in [-0.15, -0.1) is 0 Å². The molecule has 16 heavy (non-hydrogen) atoms. The second-order valence-electron chi connectivity index (χ2n) is 5.78. The molecule has 0 aromatic heterocycles. The molecule has 0 radical (unpaired) electrons. The van der Waals surface area contributed by atoms with Crippen molar-refractivity contribution < 1.29 is 4.79 Å². The van der Waals surface area contributed by atoms with E-state index in [1.165, 1.54) is 24.8 Å². The van der Waals surface area contributed by atoms with Gasteiger partial charge in [-0.1, -0.05) is 38.8 Å². The molecule has 0 heterocycles. The van der Waals surface area contributed by atoms with Crippen molar-refractivity contribution in [2.24, 2.45) is 17.8 Å². The minimum Gasteiger partial charge on any atom is -0.300 e. The van der Waals surface area contributed by atoms with Crippen LogP contribution in [-0.2, 0) is 4.79 Å². The fraction of sp³-hybridized carbons (Fsp3) is 0.800. The molecule has 2 unspecified atom stereocenters. The molecule has 0 bridgehead atoms. The molecule has 0 amide bonds. The predicted octanol–water partition coefficient (Wildman–Crippen LogP) is 4.37. The van der Waals surface area contributed by atoms with Crippen LogP contribution in [0.5, 0.6) is 0 Å². The molecule has 0 spiro atoms. The molecule has 0 N–H and O–H groups in total. The van der Waals surface area contributed by atoms with Crippen LogP contribution in [0.2, 0.25) is 0 Å². The van der Waals surface area contributed by atoms with Gasteiger partial charge < -0.3 is 0 Å². The lowest BCUT2D eigenvalue weighted by atomic mass is 9.77. The lowest BCUT2D eigenvalue weighted by molar-refractivity contribution is -0.122. The summed E-state index contributed by atoms with van der Waals surface area (Å²) in [5.74, 6) is 2.01. The van der Waals surface area contributed by atoms with Gasteiger partial charge in [0, 0.05) is 5.92 Å². The van der Waals surface area contributed by atoms with Crippen LogP contribution < -0.4 is 0 Å². The van der Waals surface area contributed by atoms with Crippen LogP contribution in [0.1, 0.15) is 59.8 Å². The maximum absolute atomic E-state index is 11.5. The quantitative estimate of drug-likeness (QED) is 0.631. The van der Waals surface area contributed by atoms with Crippen LogP contribution in [0.25, 0.3) is 0 Å². The number of hydrogen-bond acceptors (Lipinski definition) is 1. The monoisotopic (exact) mass is 222 g/mol. The summed E-state index contributed by atoms with van der Waals surface area (Å²) in [6.07, 6.45) is 8.29. The highest BCUT2D eigenvalue weighted by Gasteiger charge is 2.25. The van der Waals surface area contributed by atoms with Gasteiger partial charge in [0.25, 0.3) is 0 Å². The third kappa shape index (κ3) is 4.11. The molecule has 92 valence electrons. The normalized spacial score (nSPS) is 25.7. The van der Waals surface area contributed by atoms with Gasteiger partial charge in [0.1, 0.15) is 5.78 Å². The van der Waals surface area contributed by atoms with E-state index in [1.807, 2.05) is 0 Å². The number of rotatable bonds is 5. The molecule has 1 nitrogen and oxygen atoms in total. The molecule has 1 heteroatoms. The van der Waals surface area contributed by atoms with Crippen molar-refractivity contribution in [2.45, 2.75) is 59.8 Å². The first-order chi connectivity index (χ1) is 7.50. The zero-order chi connectivity index (χ0) is 12.1. The molecule has 0 fully saturated rings. The zero-order valence-electron chi connectivity index (χ0n) is 11.3. The highest BCUT2D eigenvalue weighted by molar-refractivity contribution is 5.79. The minimum atomic E-state index is 0.291. The molecule has 0 saturated heterocycles. The Labute approximate surface area is 100 Å². The Balaban J connectivity index is 2.41. The first kappa shape index (κ1) is 13.5. The molecular formula is C15H26O. The summed E-state index contributed by atoms with van der Waals surface area (Å²) < 4.78 is 0. The largest absolute Gasteiger partial charge is 0.300 e. The Bertz CT molecular complexity index is 263. The SMILES string of the molecule is CC(=O)C1CC(CCCC(C)C)=CCC1C. The van der Waals surface area contributed by atoms with E-state index in [9.17, 15) is 4.79 Å². The van der Waals surface area contributed by atoms with Gasteiger partial charge in [0.05, 0.1) is 0 Å². The molecule has 1 aliphatic carbocycles. The first-order valence-electron chi connectivity index (χ1n) is 6.69. The van der Waals surface area contributed by atoms with E-state index < -0.39 is 0 Å². The third-order valence-corrected chi connectivity index (χ3v) is 3.75. The van der Waals surface area contributed by atoms with Crippen LogP contribution in [0.4, 0.5) is 0 Å². The summed E-state index contributed by atoms with van der Waals surface area (Å²) in [5.41, 5.74) is 1.53. The Kier molecular flexibility index (Phi) is 5.24. The van der Waals surface area contributed by atoms with E-state index in [-0.39, 0.29) is 0 Å². The van der Waals surface area contributed by atoms with Gasteiger partial charge in [-0.2, -0.15) is 0 Å². The van der Waals surface area contributed by atoms with Gasteiger partial charge in [0.2, 0.25) is 0 Å². The molecule has 0 aliphatic heterocycles. The molecule has 0 aromatic rings. The van der Waals surface area contributed by atoms with Gasteiger partial charge in [-0.05, 0) is 44.4 Å². The maximum atomic E-state index is 11.5. The van der Waals surface area contributed by atoms with Gasteiger partial charge in [-0.3, -0.25) is 4.79 Å². The van der Waals surface area contributed by atoms with E-state index in [1.54, 1.807) is 6.92 Å². The summed E-state index contributed by atoms with van der Waals surface area (Å²) in [6.45, 7) is 8.50. The molecule has 2 atom stereocenters. The van der Waals surface area contributed by atoms with Crippen molar-refractivity contribution in [3.63, 3.8) is 0 Å². The Hall–Kier alpha value is -0.590. The minimum absolute atomic E-state index is 0.291. The Morgan fingerprint density at radius 2 is 2.19 bits per heavy atom. The van der Waals surface area contributed by atoms with Crippen LogP contribution >= 0.6 is 0 Å². The van der Waals surface area contributed by atoms with Crippen molar-refractivity contribution in [2.75, 3.05) is 0 Å². The molecule has 0 saturated carbocycles. The maximum Gasteiger partial charge on any atom is 0.133 e. The van der Waals surface area contributed by atoms with E-state index >= 15 is 0 Å².